The molecule has 1 saturated heterocycles. The minimum atomic E-state index is 0.125. The molecule has 0 unspecified atom stereocenters. The summed E-state index contributed by atoms with van der Waals surface area (Å²) in [6.45, 7) is 7.83. The van der Waals surface area contributed by atoms with Crippen LogP contribution in [0.3, 0.4) is 0 Å². The molecule has 1 fully saturated rings. The Hall–Kier alpha value is -2.91. The molecule has 1 aliphatic heterocycles. The molecule has 4 aromatic rings. The molecule has 7 nitrogen and oxygen atoms in total. The summed E-state index contributed by atoms with van der Waals surface area (Å²) in [6, 6.07) is 10.1. The first-order valence-electron chi connectivity index (χ1n) is 11.0. The molecule has 1 aromatic carbocycles. The quantitative estimate of drug-likeness (QED) is 0.270. The maximum Gasteiger partial charge on any atom is 0.233 e. The Balaban J connectivity index is 1.26. The van der Waals surface area contributed by atoms with Crippen molar-refractivity contribution >= 4 is 39.2 Å². The molecule has 5 rings (SSSR count). The molecule has 0 aliphatic carbocycles. The third-order valence-electron chi connectivity index (χ3n) is 5.89. The summed E-state index contributed by atoms with van der Waals surface area (Å²) >= 11 is 3.17. The van der Waals surface area contributed by atoms with Gasteiger partial charge in [0, 0.05) is 25.6 Å². The number of thiazole rings is 1. The number of piperidine rings is 1. The summed E-state index contributed by atoms with van der Waals surface area (Å²) in [5.74, 6) is 2.26. The summed E-state index contributed by atoms with van der Waals surface area (Å²) in [6.07, 6.45) is 5.51. The van der Waals surface area contributed by atoms with Crippen molar-refractivity contribution in [2.45, 2.75) is 37.4 Å². The molecule has 0 bridgehead atoms. The number of hydrogen-bond donors (Lipinski definition) is 0. The topological polar surface area (TPSA) is 77.1 Å². The van der Waals surface area contributed by atoms with Crippen LogP contribution in [0.15, 0.2) is 58.8 Å². The number of rotatable bonds is 7. The van der Waals surface area contributed by atoms with Crippen molar-refractivity contribution in [3.05, 3.63) is 60.0 Å². The lowest BCUT2D eigenvalue weighted by molar-refractivity contribution is -0.129. The number of furan rings is 1. The predicted molar refractivity (Wildman–Crippen MR) is 132 cm³/mol. The Kier molecular flexibility index (Phi) is 6.32. The molecule has 1 aliphatic rings. The van der Waals surface area contributed by atoms with Gasteiger partial charge in [-0.3, -0.25) is 9.36 Å². The second kappa shape index (κ2) is 9.52. The monoisotopic (exact) mass is 479 g/mol. The van der Waals surface area contributed by atoms with Crippen LogP contribution in [0.4, 0.5) is 0 Å². The minimum Gasteiger partial charge on any atom is -0.469 e. The van der Waals surface area contributed by atoms with Crippen LogP contribution < -0.4 is 0 Å². The summed E-state index contributed by atoms with van der Waals surface area (Å²) < 4.78 is 8.61. The van der Waals surface area contributed by atoms with Crippen molar-refractivity contribution in [3.8, 4) is 11.4 Å². The number of allylic oxidation sites excluding steroid dienone is 1. The fraction of sp³-hybridized carbons (Fsp3) is 0.333. The number of fused-ring (bicyclic) bond motifs is 1. The normalized spacial score (nSPS) is 16.4. The van der Waals surface area contributed by atoms with E-state index in [1.54, 1.807) is 23.7 Å². The summed E-state index contributed by atoms with van der Waals surface area (Å²) in [5.41, 5.74) is 1.94. The number of hydrogen-bond acceptors (Lipinski definition) is 7. The molecule has 0 saturated carbocycles. The maximum absolute atomic E-state index is 13.1. The van der Waals surface area contributed by atoms with Crippen molar-refractivity contribution in [2.24, 2.45) is 0 Å². The second-order valence-corrected chi connectivity index (χ2v) is 10.1. The van der Waals surface area contributed by atoms with Crippen LogP contribution in [-0.4, -0.2) is 49.4 Å². The van der Waals surface area contributed by atoms with Crippen molar-refractivity contribution in [1.82, 2.24) is 24.6 Å². The highest BCUT2D eigenvalue weighted by molar-refractivity contribution is 7.99. The van der Waals surface area contributed by atoms with Gasteiger partial charge in [-0.1, -0.05) is 30.0 Å². The van der Waals surface area contributed by atoms with Crippen molar-refractivity contribution in [3.63, 3.8) is 0 Å². The summed E-state index contributed by atoms with van der Waals surface area (Å²) in [5, 5.41) is 10.5. The standard InChI is InChI=1S/C24H25N5O2S2/c1-3-11-29-22(18-10-13-31-16(18)2)26-27-24(29)32-15-21(30)28-12-6-7-17(14-28)23-25-19-8-4-5-9-20(19)33-23/h3-5,8-10,13,17H,1,6-7,11-12,14-15H2,2H3/t17-/m1/s1. The molecular formula is C24H25N5O2S2. The molecule has 3 aromatic heterocycles. The van der Waals surface area contributed by atoms with Crippen molar-refractivity contribution in [1.29, 1.82) is 0 Å². The third-order valence-corrected chi connectivity index (χ3v) is 8.04. The first-order valence-corrected chi connectivity index (χ1v) is 12.8. The van der Waals surface area contributed by atoms with Crippen LogP contribution >= 0.6 is 23.1 Å². The number of nitrogens with zero attached hydrogens (tertiary/aromatic N) is 5. The van der Waals surface area contributed by atoms with Gasteiger partial charge >= 0.3 is 0 Å². The van der Waals surface area contributed by atoms with Crippen LogP contribution in [0.25, 0.3) is 21.6 Å². The van der Waals surface area contributed by atoms with E-state index in [4.69, 9.17) is 9.40 Å². The van der Waals surface area contributed by atoms with Gasteiger partial charge in [-0.15, -0.1) is 28.1 Å². The van der Waals surface area contributed by atoms with E-state index in [2.05, 4.69) is 28.9 Å². The zero-order chi connectivity index (χ0) is 22.8. The largest absolute Gasteiger partial charge is 0.469 e. The highest BCUT2D eigenvalue weighted by Gasteiger charge is 2.27. The highest BCUT2D eigenvalue weighted by atomic mass is 32.2. The van der Waals surface area contributed by atoms with E-state index in [1.807, 2.05) is 34.6 Å². The number of benzene rings is 1. The zero-order valence-corrected chi connectivity index (χ0v) is 20.1. The lowest BCUT2D eigenvalue weighted by atomic mass is 9.99. The average molecular weight is 480 g/mol. The smallest absolute Gasteiger partial charge is 0.233 e. The molecule has 33 heavy (non-hydrogen) atoms. The van der Waals surface area contributed by atoms with Gasteiger partial charge in [0.2, 0.25) is 5.91 Å². The molecule has 1 atom stereocenters. The lowest BCUT2D eigenvalue weighted by Gasteiger charge is -2.31. The number of aryl methyl sites for hydroxylation is 1. The van der Waals surface area contributed by atoms with Gasteiger partial charge < -0.3 is 9.32 Å². The first-order chi connectivity index (χ1) is 16.1. The van der Waals surface area contributed by atoms with E-state index in [-0.39, 0.29) is 5.91 Å². The predicted octanol–water partition coefficient (Wildman–Crippen LogP) is 5.14. The summed E-state index contributed by atoms with van der Waals surface area (Å²) in [7, 11) is 0. The summed E-state index contributed by atoms with van der Waals surface area (Å²) in [4.78, 5) is 19.9. The zero-order valence-electron chi connectivity index (χ0n) is 18.4. The Bertz CT molecular complexity index is 1260. The molecule has 4 heterocycles. The highest BCUT2D eigenvalue weighted by Crippen LogP contribution is 2.33. The molecule has 0 N–H and O–H groups in total. The SMILES string of the molecule is C=CCn1c(SCC(=O)N2CCC[C@@H](c3nc4ccccc4s3)C2)nnc1-c1ccoc1C. The van der Waals surface area contributed by atoms with Crippen molar-refractivity contribution < 1.29 is 9.21 Å². The van der Waals surface area contributed by atoms with Gasteiger partial charge in [-0.2, -0.15) is 0 Å². The van der Waals surface area contributed by atoms with Crippen LogP contribution in [0, 0.1) is 6.92 Å². The molecule has 0 spiro atoms. The second-order valence-electron chi connectivity index (χ2n) is 8.08. The van der Waals surface area contributed by atoms with Gasteiger partial charge in [0.25, 0.3) is 0 Å². The molecule has 170 valence electrons. The van der Waals surface area contributed by atoms with Crippen molar-refractivity contribution in [2.75, 3.05) is 18.8 Å². The van der Waals surface area contributed by atoms with E-state index in [0.29, 0.717) is 23.4 Å². The minimum absolute atomic E-state index is 0.125. The molecule has 1 amide bonds. The van der Waals surface area contributed by atoms with Crippen LogP contribution in [0.2, 0.25) is 0 Å². The first kappa shape index (κ1) is 21.9. The van der Waals surface area contributed by atoms with Gasteiger partial charge in [0.15, 0.2) is 11.0 Å². The Morgan fingerprint density at radius 1 is 1.33 bits per heavy atom. The molecule has 0 radical (unpaired) electrons. The number of carbonyl (C=O) groups excluding carboxylic acids is 1. The number of amides is 1. The van der Waals surface area contributed by atoms with Gasteiger partial charge in [-0.05, 0) is 38.0 Å². The Morgan fingerprint density at radius 2 is 2.21 bits per heavy atom. The maximum atomic E-state index is 13.1. The number of likely N-dealkylation sites (tertiary alicyclic amines) is 1. The number of aromatic nitrogens is 4. The molecular weight excluding hydrogens is 454 g/mol. The fourth-order valence-corrected chi connectivity index (χ4v) is 6.14. The Morgan fingerprint density at radius 3 is 3.00 bits per heavy atom. The van der Waals surface area contributed by atoms with E-state index in [9.17, 15) is 4.79 Å². The third kappa shape index (κ3) is 4.47. The number of para-hydroxylation sites is 1. The van der Waals surface area contributed by atoms with Crippen LogP contribution in [-0.2, 0) is 11.3 Å². The van der Waals surface area contributed by atoms with E-state index < -0.39 is 0 Å². The van der Waals surface area contributed by atoms with Gasteiger partial charge in [0.05, 0.1) is 32.8 Å². The fourth-order valence-electron chi connectivity index (χ4n) is 4.19. The van der Waals surface area contributed by atoms with Gasteiger partial charge in [0.1, 0.15) is 5.76 Å². The Labute approximate surface area is 200 Å². The number of thioether (sulfide) groups is 1. The van der Waals surface area contributed by atoms with Gasteiger partial charge in [-0.25, -0.2) is 4.98 Å². The number of carbonyl (C=O) groups is 1. The average Bonchev–Trinajstić information content (AvgIpc) is 3.56. The lowest BCUT2D eigenvalue weighted by Crippen LogP contribution is -2.40. The van der Waals surface area contributed by atoms with E-state index in [1.165, 1.54) is 16.5 Å². The van der Waals surface area contributed by atoms with Crippen LogP contribution in [0.1, 0.15) is 29.5 Å². The van der Waals surface area contributed by atoms with E-state index in [0.717, 1.165) is 53.6 Å². The van der Waals surface area contributed by atoms with Crippen LogP contribution in [0.5, 0.6) is 0 Å². The molecule has 9 heteroatoms. The van der Waals surface area contributed by atoms with E-state index >= 15 is 0 Å².